The van der Waals surface area contributed by atoms with Crippen molar-refractivity contribution >= 4 is 17.3 Å². The van der Waals surface area contributed by atoms with E-state index in [0.717, 1.165) is 5.56 Å². The zero-order valence-corrected chi connectivity index (χ0v) is 12.1. The first-order chi connectivity index (χ1) is 10.5. The van der Waals surface area contributed by atoms with Gasteiger partial charge in [-0.1, -0.05) is 24.3 Å². The van der Waals surface area contributed by atoms with Crippen molar-refractivity contribution in [3.63, 3.8) is 0 Å². The Morgan fingerprint density at radius 3 is 2.68 bits per heavy atom. The number of anilines is 1. The molecule has 0 saturated heterocycles. The third-order valence-electron chi connectivity index (χ3n) is 3.24. The van der Waals surface area contributed by atoms with Crippen LogP contribution in [0.4, 0.5) is 11.4 Å². The molecule has 0 saturated carbocycles. The normalized spacial score (nSPS) is 10.3. The number of hydrogen-bond donors (Lipinski definition) is 2. The van der Waals surface area contributed by atoms with E-state index >= 15 is 0 Å². The van der Waals surface area contributed by atoms with Crippen LogP contribution in [0.15, 0.2) is 42.5 Å². The van der Waals surface area contributed by atoms with Crippen molar-refractivity contribution in [2.24, 2.45) is 0 Å². The minimum Gasteiger partial charge on any atom is -0.396 e. The van der Waals surface area contributed by atoms with Gasteiger partial charge in [-0.05, 0) is 36.6 Å². The van der Waals surface area contributed by atoms with Gasteiger partial charge in [-0.25, -0.2) is 0 Å². The van der Waals surface area contributed by atoms with Crippen LogP contribution < -0.4 is 5.32 Å². The predicted octanol–water partition coefficient (Wildman–Crippen LogP) is 2.69. The minimum absolute atomic E-state index is 0.00871. The maximum absolute atomic E-state index is 12.3. The summed E-state index contributed by atoms with van der Waals surface area (Å²) < 4.78 is 0. The number of carbonyl (C=O) groups excluding carboxylic acids is 1. The van der Waals surface area contributed by atoms with Crippen molar-refractivity contribution in [1.29, 1.82) is 0 Å². The third kappa shape index (κ3) is 3.48. The Balaban J connectivity index is 2.32. The Labute approximate surface area is 127 Å². The molecule has 0 unspecified atom stereocenters. The van der Waals surface area contributed by atoms with Crippen LogP contribution in [-0.2, 0) is 6.42 Å². The van der Waals surface area contributed by atoms with Gasteiger partial charge in [-0.2, -0.15) is 0 Å². The summed E-state index contributed by atoms with van der Waals surface area (Å²) in [7, 11) is 0. The first-order valence-corrected chi connectivity index (χ1v) is 6.78. The first kappa shape index (κ1) is 15.7. The second-order valence-corrected chi connectivity index (χ2v) is 4.86. The summed E-state index contributed by atoms with van der Waals surface area (Å²) in [5.41, 5.74) is 1.81. The number of carbonyl (C=O) groups is 1. The molecule has 0 fully saturated rings. The highest BCUT2D eigenvalue weighted by atomic mass is 16.6. The fourth-order valence-electron chi connectivity index (χ4n) is 2.16. The van der Waals surface area contributed by atoms with Gasteiger partial charge in [0.15, 0.2) is 0 Å². The number of para-hydroxylation sites is 1. The molecule has 0 aliphatic heterocycles. The monoisotopic (exact) mass is 300 g/mol. The van der Waals surface area contributed by atoms with Crippen LogP contribution in [0.5, 0.6) is 0 Å². The molecule has 2 rings (SSSR count). The molecular weight excluding hydrogens is 284 g/mol. The number of aryl methyl sites for hydroxylation is 1. The number of rotatable bonds is 5. The van der Waals surface area contributed by atoms with Gasteiger partial charge in [0.25, 0.3) is 11.6 Å². The zero-order valence-electron chi connectivity index (χ0n) is 12.1. The zero-order chi connectivity index (χ0) is 16.1. The van der Waals surface area contributed by atoms with E-state index in [-0.39, 0.29) is 17.9 Å². The Morgan fingerprint density at radius 2 is 2.00 bits per heavy atom. The third-order valence-corrected chi connectivity index (χ3v) is 3.24. The minimum atomic E-state index is -0.568. The summed E-state index contributed by atoms with van der Waals surface area (Å²) in [5, 5.41) is 22.8. The molecule has 6 nitrogen and oxygen atoms in total. The van der Waals surface area contributed by atoms with Gasteiger partial charge in [0.2, 0.25) is 0 Å². The highest BCUT2D eigenvalue weighted by Gasteiger charge is 2.20. The molecule has 0 aromatic heterocycles. The van der Waals surface area contributed by atoms with Crippen molar-refractivity contribution in [1.82, 2.24) is 0 Å². The van der Waals surface area contributed by atoms with Crippen LogP contribution >= 0.6 is 0 Å². The Bertz CT molecular complexity index is 713. The van der Waals surface area contributed by atoms with E-state index < -0.39 is 10.8 Å². The van der Waals surface area contributed by atoms with Crippen molar-refractivity contribution in [2.45, 2.75) is 13.3 Å². The Morgan fingerprint density at radius 1 is 1.27 bits per heavy atom. The standard InChI is InChI=1S/C16H16N2O4/c1-11-6-7-13(15(10-11)18(21)22)16(20)17-14-5-3-2-4-12(14)8-9-19/h2-7,10,19H,8-9H2,1H3,(H,17,20). The van der Waals surface area contributed by atoms with Crippen LogP contribution in [0.3, 0.4) is 0 Å². The Kier molecular flexibility index (Phi) is 4.85. The molecule has 1 amide bonds. The van der Waals surface area contributed by atoms with Gasteiger partial charge in [0, 0.05) is 18.4 Å². The average Bonchev–Trinajstić information content (AvgIpc) is 2.49. The molecule has 2 aromatic carbocycles. The van der Waals surface area contributed by atoms with E-state index in [1.54, 1.807) is 37.3 Å². The van der Waals surface area contributed by atoms with Crippen LogP contribution in [0.2, 0.25) is 0 Å². The lowest BCUT2D eigenvalue weighted by Gasteiger charge is -2.10. The molecule has 114 valence electrons. The second-order valence-electron chi connectivity index (χ2n) is 4.86. The summed E-state index contributed by atoms with van der Waals surface area (Å²) in [6.45, 7) is 1.68. The number of nitrogens with zero attached hydrogens (tertiary/aromatic N) is 1. The first-order valence-electron chi connectivity index (χ1n) is 6.78. The predicted molar refractivity (Wildman–Crippen MR) is 83.0 cm³/mol. The van der Waals surface area contributed by atoms with Crippen molar-refractivity contribution in [2.75, 3.05) is 11.9 Å². The maximum atomic E-state index is 12.3. The van der Waals surface area contributed by atoms with Gasteiger partial charge in [0.1, 0.15) is 5.56 Å². The molecule has 0 heterocycles. The molecule has 0 aliphatic carbocycles. The lowest BCUT2D eigenvalue weighted by molar-refractivity contribution is -0.385. The lowest BCUT2D eigenvalue weighted by atomic mass is 10.1. The largest absolute Gasteiger partial charge is 0.396 e. The number of benzene rings is 2. The van der Waals surface area contributed by atoms with E-state index in [1.165, 1.54) is 12.1 Å². The second kappa shape index (κ2) is 6.82. The fourth-order valence-corrected chi connectivity index (χ4v) is 2.16. The summed E-state index contributed by atoms with van der Waals surface area (Å²) >= 11 is 0. The van der Waals surface area contributed by atoms with Crippen LogP contribution in [-0.4, -0.2) is 22.5 Å². The quantitative estimate of drug-likeness (QED) is 0.656. The highest BCUT2D eigenvalue weighted by Crippen LogP contribution is 2.23. The number of hydrogen-bond acceptors (Lipinski definition) is 4. The van der Waals surface area contributed by atoms with E-state index in [2.05, 4.69) is 5.32 Å². The molecule has 0 bridgehead atoms. The van der Waals surface area contributed by atoms with Crippen LogP contribution in [0.25, 0.3) is 0 Å². The van der Waals surface area contributed by atoms with E-state index in [0.29, 0.717) is 17.7 Å². The van der Waals surface area contributed by atoms with Crippen molar-refractivity contribution < 1.29 is 14.8 Å². The lowest BCUT2D eigenvalue weighted by Crippen LogP contribution is -2.15. The SMILES string of the molecule is Cc1ccc(C(=O)Nc2ccccc2CCO)c([N+](=O)[O-])c1. The number of aliphatic hydroxyl groups is 1. The smallest absolute Gasteiger partial charge is 0.282 e. The van der Waals surface area contributed by atoms with E-state index in [1.807, 2.05) is 0 Å². The van der Waals surface area contributed by atoms with Crippen LogP contribution in [0, 0.1) is 17.0 Å². The van der Waals surface area contributed by atoms with Gasteiger partial charge < -0.3 is 10.4 Å². The molecule has 0 spiro atoms. The summed E-state index contributed by atoms with van der Waals surface area (Å²) in [6, 6.07) is 11.5. The summed E-state index contributed by atoms with van der Waals surface area (Å²) in [6.07, 6.45) is 0.395. The fraction of sp³-hybridized carbons (Fsp3) is 0.188. The molecule has 0 radical (unpaired) electrons. The molecule has 0 atom stereocenters. The van der Waals surface area contributed by atoms with E-state index in [4.69, 9.17) is 5.11 Å². The van der Waals surface area contributed by atoms with Gasteiger partial charge in [-0.3, -0.25) is 14.9 Å². The summed E-state index contributed by atoms with van der Waals surface area (Å²) in [4.78, 5) is 22.9. The summed E-state index contributed by atoms with van der Waals surface area (Å²) in [5.74, 6) is -0.544. The van der Waals surface area contributed by atoms with Crippen molar-refractivity contribution in [3.8, 4) is 0 Å². The number of nitro groups is 1. The molecule has 0 aliphatic rings. The van der Waals surface area contributed by atoms with Crippen molar-refractivity contribution in [3.05, 3.63) is 69.3 Å². The Hall–Kier alpha value is -2.73. The topological polar surface area (TPSA) is 92.5 Å². The maximum Gasteiger partial charge on any atom is 0.282 e. The van der Waals surface area contributed by atoms with Gasteiger partial charge >= 0.3 is 0 Å². The highest BCUT2D eigenvalue weighted by molar-refractivity contribution is 6.07. The molecule has 2 aromatic rings. The van der Waals surface area contributed by atoms with Gasteiger partial charge in [0.05, 0.1) is 4.92 Å². The average molecular weight is 300 g/mol. The molecule has 2 N–H and O–H groups in total. The molecular formula is C16H16N2O4. The number of nitrogens with one attached hydrogen (secondary N) is 1. The molecule has 6 heteroatoms. The van der Waals surface area contributed by atoms with Crippen LogP contribution in [0.1, 0.15) is 21.5 Å². The molecule has 22 heavy (non-hydrogen) atoms. The van der Waals surface area contributed by atoms with E-state index in [9.17, 15) is 14.9 Å². The number of nitro benzene ring substituents is 1. The number of aliphatic hydroxyl groups excluding tert-OH is 1. The van der Waals surface area contributed by atoms with Gasteiger partial charge in [-0.15, -0.1) is 0 Å². The number of amides is 1.